The second-order valence-corrected chi connectivity index (χ2v) is 4.78. The highest BCUT2D eigenvalue weighted by atomic mass is 32.2. The molecule has 1 heterocycles. The van der Waals surface area contributed by atoms with Crippen molar-refractivity contribution in [3.63, 3.8) is 0 Å². The van der Waals surface area contributed by atoms with Gasteiger partial charge in [0.25, 0.3) is 5.88 Å². The smallest absolute Gasteiger partial charge is 0.313 e. The van der Waals surface area contributed by atoms with Crippen LogP contribution < -0.4 is 4.18 Å². The Morgan fingerprint density at radius 1 is 1.46 bits per heavy atom. The van der Waals surface area contributed by atoms with Gasteiger partial charge in [-0.1, -0.05) is 0 Å². The zero-order valence-corrected chi connectivity index (χ0v) is 8.15. The van der Waals surface area contributed by atoms with Gasteiger partial charge in [0.2, 0.25) is 0 Å². The van der Waals surface area contributed by atoms with Crippen molar-refractivity contribution < 1.29 is 12.6 Å². The van der Waals surface area contributed by atoms with E-state index < -0.39 is 15.4 Å². The average molecular weight is 202 g/mol. The fourth-order valence-electron chi connectivity index (χ4n) is 0.547. The van der Waals surface area contributed by atoms with Gasteiger partial charge in [-0.15, -0.1) is 5.10 Å². The van der Waals surface area contributed by atoms with Gasteiger partial charge < -0.3 is 4.18 Å². The molecule has 72 valence electrons. The number of aromatic nitrogens is 2. The van der Waals surface area contributed by atoms with Crippen LogP contribution in [0.3, 0.4) is 0 Å². The molecule has 0 radical (unpaired) electrons. The summed E-state index contributed by atoms with van der Waals surface area (Å²) in [5.41, 5.74) is 0. The van der Waals surface area contributed by atoms with E-state index in [0.29, 0.717) is 0 Å². The summed E-state index contributed by atoms with van der Waals surface area (Å²) in [7, 11) is -3.55. The number of hydrogen-bond donors (Lipinski definition) is 0. The Morgan fingerprint density at radius 3 is 2.62 bits per heavy atom. The molecule has 0 aliphatic rings. The lowest BCUT2D eigenvalue weighted by Crippen LogP contribution is -2.20. The molecule has 1 rings (SSSR count). The van der Waals surface area contributed by atoms with Crippen molar-refractivity contribution >= 4 is 10.1 Å². The van der Waals surface area contributed by atoms with E-state index in [1.165, 1.54) is 26.1 Å². The minimum atomic E-state index is -3.55. The summed E-state index contributed by atoms with van der Waals surface area (Å²) in [5.74, 6) is -0.00352. The van der Waals surface area contributed by atoms with Crippen LogP contribution in [0.25, 0.3) is 0 Å². The first-order valence-electron chi connectivity index (χ1n) is 3.73. The van der Waals surface area contributed by atoms with Crippen LogP contribution in [0.1, 0.15) is 13.8 Å². The third kappa shape index (κ3) is 2.66. The normalized spacial score (nSPS) is 11.6. The molecule has 13 heavy (non-hydrogen) atoms. The third-order valence-electron chi connectivity index (χ3n) is 1.33. The van der Waals surface area contributed by atoms with Crippen molar-refractivity contribution in [1.82, 2.24) is 10.2 Å². The zero-order chi connectivity index (χ0) is 9.90. The van der Waals surface area contributed by atoms with Crippen LogP contribution in [0.4, 0.5) is 0 Å². The molecule has 0 fully saturated rings. The van der Waals surface area contributed by atoms with Gasteiger partial charge in [0.1, 0.15) is 0 Å². The highest BCUT2D eigenvalue weighted by Gasteiger charge is 2.18. The molecule has 1 aromatic heterocycles. The van der Waals surface area contributed by atoms with Gasteiger partial charge in [-0.25, -0.2) is 0 Å². The largest absolute Gasteiger partial charge is 0.360 e. The van der Waals surface area contributed by atoms with Gasteiger partial charge in [0.05, 0.1) is 5.25 Å². The van der Waals surface area contributed by atoms with Crippen LogP contribution >= 0.6 is 0 Å². The third-order valence-corrected chi connectivity index (χ3v) is 2.88. The molecule has 0 N–H and O–H groups in total. The average Bonchev–Trinajstić information content (AvgIpc) is 2.05. The Labute approximate surface area is 76.9 Å². The summed E-state index contributed by atoms with van der Waals surface area (Å²) >= 11 is 0. The predicted molar refractivity (Wildman–Crippen MR) is 46.7 cm³/mol. The van der Waals surface area contributed by atoms with Gasteiger partial charge in [-0.05, 0) is 19.9 Å². The van der Waals surface area contributed by atoms with Gasteiger partial charge in [0.15, 0.2) is 0 Å². The van der Waals surface area contributed by atoms with Crippen molar-refractivity contribution in [2.24, 2.45) is 0 Å². The van der Waals surface area contributed by atoms with Crippen LogP contribution in [0.15, 0.2) is 18.3 Å². The van der Waals surface area contributed by atoms with E-state index in [4.69, 9.17) is 0 Å². The molecule has 0 aliphatic heterocycles. The maximum absolute atomic E-state index is 11.2. The molecule has 6 heteroatoms. The van der Waals surface area contributed by atoms with E-state index in [1.807, 2.05) is 0 Å². The van der Waals surface area contributed by atoms with Gasteiger partial charge in [-0.2, -0.15) is 13.5 Å². The van der Waals surface area contributed by atoms with Crippen molar-refractivity contribution in [3.05, 3.63) is 18.3 Å². The Bertz CT molecular complexity index is 361. The number of nitrogens with zero attached hydrogens (tertiary/aromatic N) is 2. The Hall–Kier alpha value is -1.17. The molecular weight excluding hydrogens is 192 g/mol. The molecule has 0 aromatic carbocycles. The molecule has 0 aliphatic carbocycles. The van der Waals surface area contributed by atoms with E-state index >= 15 is 0 Å². The first kappa shape index (κ1) is 9.91. The van der Waals surface area contributed by atoms with Crippen LogP contribution in [0.2, 0.25) is 0 Å². The maximum atomic E-state index is 11.2. The van der Waals surface area contributed by atoms with E-state index in [1.54, 1.807) is 6.07 Å². The molecule has 0 saturated heterocycles. The summed E-state index contributed by atoms with van der Waals surface area (Å²) < 4.78 is 27.1. The second kappa shape index (κ2) is 3.69. The Balaban J connectivity index is 2.82. The maximum Gasteiger partial charge on any atom is 0.313 e. The van der Waals surface area contributed by atoms with Crippen LogP contribution in [0, 0.1) is 0 Å². The number of rotatable bonds is 3. The monoisotopic (exact) mass is 202 g/mol. The summed E-state index contributed by atoms with van der Waals surface area (Å²) in [6, 6.07) is 2.99. The minimum Gasteiger partial charge on any atom is -0.360 e. The molecule has 0 amide bonds. The first-order chi connectivity index (χ1) is 6.02. The lowest BCUT2D eigenvalue weighted by atomic mass is 10.6. The van der Waals surface area contributed by atoms with Crippen molar-refractivity contribution in [1.29, 1.82) is 0 Å². The summed E-state index contributed by atoms with van der Waals surface area (Å²) in [6.45, 7) is 3.07. The van der Waals surface area contributed by atoms with E-state index in [0.717, 1.165) is 0 Å². The highest BCUT2D eigenvalue weighted by Crippen LogP contribution is 2.09. The first-order valence-corrected chi connectivity index (χ1v) is 5.20. The van der Waals surface area contributed by atoms with Crippen molar-refractivity contribution in [2.45, 2.75) is 19.1 Å². The SMILES string of the molecule is CC(C)S(=O)(=O)Oc1cccnn1. The fourth-order valence-corrected chi connectivity index (χ4v) is 1.07. The van der Waals surface area contributed by atoms with Crippen LogP contribution in [-0.2, 0) is 10.1 Å². The zero-order valence-electron chi connectivity index (χ0n) is 7.34. The quantitative estimate of drug-likeness (QED) is 0.671. The molecule has 0 bridgehead atoms. The predicted octanol–water partition coefficient (Wildman–Crippen LogP) is 0.594. The van der Waals surface area contributed by atoms with Crippen LogP contribution in [-0.4, -0.2) is 23.9 Å². The summed E-state index contributed by atoms with van der Waals surface area (Å²) in [6.07, 6.45) is 1.44. The molecule has 1 aromatic rings. The Morgan fingerprint density at radius 2 is 2.15 bits per heavy atom. The summed E-state index contributed by atoms with van der Waals surface area (Å²) in [4.78, 5) is 0. The van der Waals surface area contributed by atoms with E-state index in [2.05, 4.69) is 14.4 Å². The lowest BCUT2D eigenvalue weighted by molar-refractivity contribution is 0.463. The van der Waals surface area contributed by atoms with E-state index in [-0.39, 0.29) is 5.88 Å². The van der Waals surface area contributed by atoms with Gasteiger partial charge in [0, 0.05) is 12.3 Å². The summed E-state index contributed by atoms with van der Waals surface area (Å²) in [5, 5.41) is 6.40. The molecular formula is C7H10N2O3S. The molecule has 5 nitrogen and oxygen atoms in total. The second-order valence-electron chi connectivity index (χ2n) is 2.69. The Kier molecular flexibility index (Phi) is 2.82. The molecule has 0 spiro atoms. The number of hydrogen-bond acceptors (Lipinski definition) is 5. The van der Waals surface area contributed by atoms with Crippen molar-refractivity contribution in [3.8, 4) is 5.88 Å². The highest BCUT2D eigenvalue weighted by molar-refractivity contribution is 7.87. The molecule has 0 atom stereocenters. The van der Waals surface area contributed by atoms with E-state index in [9.17, 15) is 8.42 Å². The minimum absolute atomic E-state index is 0.00352. The van der Waals surface area contributed by atoms with Gasteiger partial charge in [-0.3, -0.25) is 0 Å². The standard InChI is InChI=1S/C7H10N2O3S/c1-6(2)13(10,11)12-7-4-3-5-8-9-7/h3-6H,1-2H3. The topological polar surface area (TPSA) is 69.2 Å². The van der Waals surface area contributed by atoms with Crippen molar-refractivity contribution in [2.75, 3.05) is 0 Å². The fraction of sp³-hybridized carbons (Fsp3) is 0.429. The van der Waals surface area contributed by atoms with Gasteiger partial charge >= 0.3 is 10.1 Å². The molecule has 0 saturated carbocycles. The van der Waals surface area contributed by atoms with Crippen LogP contribution in [0.5, 0.6) is 5.88 Å². The lowest BCUT2D eigenvalue weighted by Gasteiger charge is -2.06. The molecule has 0 unspecified atom stereocenters.